The number of hydrogen-bond acceptors (Lipinski definition) is 2. The zero-order chi connectivity index (χ0) is 8.69. The van der Waals surface area contributed by atoms with Crippen molar-refractivity contribution in [3.8, 4) is 0 Å². The summed E-state index contributed by atoms with van der Waals surface area (Å²) in [7, 11) is 0. The molecule has 0 spiro atoms. The summed E-state index contributed by atoms with van der Waals surface area (Å²) in [6, 6.07) is 0. The van der Waals surface area contributed by atoms with E-state index in [1.54, 1.807) is 0 Å². The lowest BCUT2D eigenvalue weighted by molar-refractivity contribution is 0.0703. The lowest BCUT2D eigenvalue weighted by Crippen LogP contribution is -2.16. The second-order valence-corrected chi connectivity index (χ2v) is 3.12. The minimum Gasteiger partial charge on any atom is -0.393 e. The molecule has 0 aromatic rings. The SMILES string of the molecule is CCC[C@@H](O)C[C@H](O)CCC. The molecule has 0 saturated carbocycles. The third-order valence-electron chi connectivity index (χ3n) is 1.79. The maximum absolute atomic E-state index is 9.29. The molecular formula is C9H20O2. The highest BCUT2D eigenvalue weighted by Crippen LogP contribution is 2.08. The van der Waals surface area contributed by atoms with Crippen molar-refractivity contribution in [1.29, 1.82) is 0 Å². The number of aliphatic hydroxyl groups excluding tert-OH is 2. The Morgan fingerprint density at radius 3 is 1.55 bits per heavy atom. The molecule has 0 unspecified atom stereocenters. The van der Waals surface area contributed by atoms with E-state index < -0.39 is 0 Å². The molecule has 0 fully saturated rings. The van der Waals surface area contributed by atoms with Gasteiger partial charge in [-0.15, -0.1) is 0 Å². The van der Waals surface area contributed by atoms with Gasteiger partial charge in [0.05, 0.1) is 12.2 Å². The van der Waals surface area contributed by atoms with Crippen molar-refractivity contribution in [1.82, 2.24) is 0 Å². The molecule has 2 heteroatoms. The monoisotopic (exact) mass is 160 g/mol. The van der Waals surface area contributed by atoms with Crippen LogP contribution >= 0.6 is 0 Å². The van der Waals surface area contributed by atoms with E-state index >= 15 is 0 Å². The molecule has 0 saturated heterocycles. The highest BCUT2D eigenvalue weighted by Gasteiger charge is 2.09. The molecule has 68 valence electrons. The molecule has 0 amide bonds. The summed E-state index contributed by atoms with van der Waals surface area (Å²) in [6.45, 7) is 4.07. The lowest BCUT2D eigenvalue weighted by atomic mass is 10.0. The second-order valence-electron chi connectivity index (χ2n) is 3.12. The Hall–Kier alpha value is -0.0800. The topological polar surface area (TPSA) is 40.5 Å². The van der Waals surface area contributed by atoms with Crippen molar-refractivity contribution in [3.05, 3.63) is 0 Å². The molecule has 0 aromatic carbocycles. The molecule has 0 radical (unpaired) electrons. The molecule has 0 rings (SSSR count). The Labute approximate surface area is 69.2 Å². The van der Waals surface area contributed by atoms with Crippen LogP contribution in [0, 0.1) is 0 Å². The van der Waals surface area contributed by atoms with Crippen LogP contribution < -0.4 is 0 Å². The van der Waals surface area contributed by atoms with Crippen molar-refractivity contribution in [2.24, 2.45) is 0 Å². The summed E-state index contributed by atoms with van der Waals surface area (Å²) in [6.07, 6.45) is 3.52. The largest absolute Gasteiger partial charge is 0.393 e. The van der Waals surface area contributed by atoms with Gasteiger partial charge in [-0.25, -0.2) is 0 Å². The molecule has 0 bridgehead atoms. The predicted octanol–water partition coefficient (Wildman–Crippen LogP) is 1.70. The van der Waals surface area contributed by atoms with Crippen LogP contribution in [0.4, 0.5) is 0 Å². The summed E-state index contributed by atoms with van der Waals surface area (Å²) in [5.74, 6) is 0. The summed E-state index contributed by atoms with van der Waals surface area (Å²) in [4.78, 5) is 0. The van der Waals surface area contributed by atoms with Crippen molar-refractivity contribution >= 4 is 0 Å². The number of hydrogen-bond donors (Lipinski definition) is 2. The zero-order valence-electron chi connectivity index (χ0n) is 7.58. The Morgan fingerprint density at radius 2 is 1.27 bits per heavy atom. The van der Waals surface area contributed by atoms with Crippen LogP contribution in [0.3, 0.4) is 0 Å². The summed E-state index contributed by atoms with van der Waals surface area (Å²) in [5.41, 5.74) is 0. The van der Waals surface area contributed by atoms with Gasteiger partial charge in [0.25, 0.3) is 0 Å². The fourth-order valence-electron chi connectivity index (χ4n) is 1.22. The maximum atomic E-state index is 9.29. The van der Waals surface area contributed by atoms with Gasteiger partial charge in [-0.2, -0.15) is 0 Å². The molecule has 11 heavy (non-hydrogen) atoms. The predicted molar refractivity (Wildman–Crippen MR) is 46.4 cm³/mol. The Bertz CT molecular complexity index is 73.6. The van der Waals surface area contributed by atoms with E-state index in [2.05, 4.69) is 0 Å². The van der Waals surface area contributed by atoms with E-state index in [9.17, 15) is 10.2 Å². The van der Waals surface area contributed by atoms with Gasteiger partial charge in [-0.05, 0) is 19.3 Å². The Morgan fingerprint density at radius 1 is 0.909 bits per heavy atom. The first-order valence-corrected chi connectivity index (χ1v) is 4.56. The van der Waals surface area contributed by atoms with Crippen LogP contribution in [0.25, 0.3) is 0 Å². The maximum Gasteiger partial charge on any atom is 0.0564 e. The fourth-order valence-corrected chi connectivity index (χ4v) is 1.22. The van der Waals surface area contributed by atoms with Gasteiger partial charge in [0.2, 0.25) is 0 Å². The van der Waals surface area contributed by atoms with Crippen LogP contribution in [-0.4, -0.2) is 22.4 Å². The van der Waals surface area contributed by atoms with Gasteiger partial charge in [0.1, 0.15) is 0 Å². The van der Waals surface area contributed by atoms with E-state index in [-0.39, 0.29) is 12.2 Å². The molecule has 0 aliphatic rings. The van der Waals surface area contributed by atoms with Crippen LogP contribution in [-0.2, 0) is 0 Å². The van der Waals surface area contributed by atoms with Crippen molar-refractivity contribution in [2.45, 2.75) is 58.2 Å². The van der Waals surface area contributed by atoms with Gasteiger partial charge in [0, 0.05) is 0 Å². The van der Waals surface area contributed by atoms with Crippen molar-refractivity contribution < 1.29 is 10.2 Å². The average Bonchev–Trinajstić information content (AvgIpc) is 1.87. The first kappa shape index (κ1) is 10.9. The van der Waals surface area contributed by atoms with E-state index in [0.29, 0.717) is 6.42 Å². The number of rotatable bonds is 6. The fraction of sp³-hybridized carbons (Fsp3) is 1.00. The van der Waals surface area contributed by atoms with E-state index in [1.807, 2.05) is 13.8 Å². The van der Waals surface area contributed by atoms with Gasteiger partial charge in [-0.3, -0.25) is 0 Å². The highest BCUT2D eigenvalue weighted by atomic mass is 16.3. The van der Waals surface area contributed by atoms with E-state index in [1.165, 1.54) is 0 Å². The zero-order valence-corrected chi connectivity index (χ0v) is 7.58. The van der Waals surface area contributed by atoms with Crippen LogP contribution in [0.5, 0.6) is 0 Å². The standard InChI is InChI=1S/C9H20O2/c1-3-5-8(10)7-9(11)6-4-2/h8-11H,3-7H2,1-2H3/t8-,9-/m1/s1. The summed E-state index contributed by atoms with van der Waals surface area (Å²) in [5, 5.41) is 18.6. The smallest absolute Gasteiger partial charge is 0.0564 e. The molecule has 0 aliphatic carbocycles. The van der Waals surface area contributed by atoms with Crippen molar-refractivity contribution in [2.75, 3.05) is 0 Å². The second kappa shape index (κ2) is 6.62. The molecular weight excluding hydrogens is 140 g/mol. The first-order valence-electron chi connectivity index (χ1n) is 4.56. The summed E-state index contributed by atoms with van der Waals surface area (Å²) < 4.78 is 0. The molecule has 2 atom stereocenters. The first-order chi connectivity index (χ1) is 5.20. The molecule has 0 aromatic heterocycles. The summed E-state index contributed by atoms with van der Waals surface area (Å²) >= 11 is 0. The average molecular weight is 160 g/mol. The molecule has 0 aliphatic heterocycles. The third-order valence-corrected chi connectivity index (χ3v) is 1.79. The lowest BCUT2D eigenvalue weighted by Gasteiger charge is -2.13. The molecule has 2 nitrogen and oxygen atoms in total. The Kier molecular flexibility index (Phi) is 6.57. The quantitative estimate of drug-likeness (QED) is 0.621. The van der Waals surface area contributed by atoms with Gasteiger partial charge < -0.3 is 10.2 Å². The number of aliphatic hydroxyl groups is 2. The van der Waals surface area contributed by atoms with E-state index in [0.717, 1.165) is 25.7 Å². The van der Waals surface area contributed by atoms with Crippen LogP contribution in [0.2, 0.25) is 0 Å². The third kappa shape index (κ3) is 6.32. The van der Waals surface area contributed by atoms with Gasteiger partial charge in [-0.1, -0.05) is 26.7 Å². The minimum atomic E-state index is -0.304. The van der Waals surface area contributed by atoms with Crippen LogP contribution in [0.15, 0.2) is 0 Å². The van der Waals surface area contributed by atoms with Gasteiger partial charge in [0.15, 0.2) is 0 Å². The van der Waals surface area contributed by atoms with E-state index in [4.69, 9.17) is 0 Å². The Balaban J connectivity index is 3.32. The van der Waals surface area contributed by atoms with Gasteiger partial charge >= 0.3 is 0 Å². The highest BCUT2D eigenvalue weighted by molar-refractivity contribution is 4.62. The van der Waals surface area contributed by atoms with Crippen LogP contribution in [0.1, 0.15) is 46.0 Å². The molecule has 2 N–H and O–H groups in total. The van der Waals surface area contributed by atoms with Crippen molar-refractivity contribution in [3.63, 3.8) is 0 Å². The minimum absolute atomic E-state index is 0.304. The molecule has 0 heterocycles. The normalized spacial score (nSPS) is 16.4.